The minimum absolute atomic E-state index is 0.0407. The molecule has 7 nitrogen and oxygen atoms in total. The van der Waals surface area contributed by atoms with E-state index in [9.17, 15) is 9.36 Å². The van der Waals surface area contributed by atoms with Crippen LogP contribution in [-0.2, 0) is 23.1 Å². The Morgan fingerprint density at radius 3 is 2.18 bits per heavy atom. The van der Waals surface area contributed by atoms with Gasteiger partial charge in [-0.3, -0.25) is 14.8 Å². The molecule has 0 spiro atoms. The summed E-state index contributed by atoms with van der Waals surface area (Å²) >= 11 is 0. The van der Waals surface area contributed by atoms with E-state index in [1.54, 1.807) is 19.9 Å². The molecule has 17 heavy (non-hydrogen) atoms. The number of nitriles is 1. The lowest BCUT2D eigenvalue weighted by Crippen LogP contribution is -2.24. The molecule has 0 saturated carbocycles. The average Bonchev–Trinajstić information content (AvgIpc) is 2.30. The first kappa shape index (κ1) is 15.8. The molecule has 0 aromatic carbocycles. The van der Waals surface area contributed by atoms with Crippen LogP contribution >= 0.6 is 7.60 Å². The van der Waals surface area contributed by atoms with Crippen molar-refractivity contribution in [2.45, 2.75) is 13.8 Å². The van der Waals surface area contributed by atoms with Crippen LogP contribution in [0.2, 0.25) is 0 Å². The maximum atomic E-state index is 12.1. The predicted molar refractivity (Wildman–Crippen MR) is 59.7 cm³/mol. The van der Waals surface area contributed by atoms with E-state index < -0.39 is 24.9 Å². The second-order valence-electron chi connectivity index (χ2n) is 2.80. The smallest absolute Gasteiger partial charge is 0.376 e. The Morgan fingerprint density at radius 1 is 1.41 bits per heavy atom. The molecule has 0 heterocycles. The van der Waals surface area contributed by atoms with E-state index in [2.05, 4.69) is 4.74 Å². The van der Waals surface area contributed by atoms with Crippen molar-refractivity contribution in [2.24, 2.45) is 5.92 Å². The predicted octanol–water partition coefficient (Wildman–Crippen LogP) is 1.54. The third-order valence-corrected chi connectivity index (χ3v) is 3.78. The van der Waals surface area contributed by atoms with Crippen LogP contribution in [0.1, 0.15) is 13.8 Å². The molecule has 0 aromatic rings. The molecule has 0 bridgehead atoms. The van der Waals surface area contributed by atoms with Crippen molar-refractivity contribution in [2.75, 3.05) is 20.3 Å². The van der Waals surface area contributed by atoms with Crippen molar-refractivity contribution in [3.8, 4) is 6.07 Å². The first-order valence-electron chi connectivity index (χ1n) is 4.92. The summed E-state index contributed by atoms with van der Waals surface area (Å²) in [6.07, 6.45) is 0. The minimum Gasteiger partial charge on any atom is -0.468 e. The molecule has 0 fully saturated rings. The molecule has 0 aliphatic heterocycles. The highest BCUT2D eigenvalue weighted by molar-refractivity contribution is 7.72. The number of hydrogen-bond donors (Lipinski definition) is 1. The highest BCUT2D eigenvalue weighted by Crippen LogP contribution is 2.51. The fourth-order valence-corrected chi connectivity index (χ4v) is 2.53. The first-order chi connectivity index (χ1) is 7.96. The molecule has 0 radical (unpaired) electrons. The monoisotopic (exact) mass is 262 g/mol. The number of rotatable bonds is 7. The van der Waals surface area contributed by atoms with Gasteiger partial charge >= 0.3 is 13.6 Å². The van der Waals surface area contributed by atoms with Gasteiger partial charge in [-0.25, -0.2) is 0 Å². The maximum Gasteiger partial charge on any atom is 0.376 e. The summed E-state index contributed by atoms with van der Waals surface area (Å²) in [6.45, 7) is 3.22. The van der Waals surface area contributed by atoms with Crippen LogP contribution in [0.3, 0.4) is 0 Å². The van der Waals surface area contributed by atoms with Gasteiger partial charge < -0.3 is 13.8 Å². The molecule has 0 amide bonds. The zero-order chi connectivity index (χ0) is 13.5. The quantitative estimate of drug-likeness (QED) is 0.423. The van der Waals surface area contributed by atoms with E-state index in [4.69, 9.17) is 19.7 Å². The third-order valence-electron chi connectivity index (χ3n) is 1.73. The maximum absolute atomic E-state index is 12.1. The van der Waals surface area contributed by atoms with Gasteiger partial charge in [-0.05, 0) is 13.8 Å². The lowest BCUT2D eigenvalue weighted by molar-refractivity contribution is -0.141. The number of ether oxygens (including phenoxy) is 1. The van der Waals surface area contributed by atoms with E-state index in [1.807, 2.05) is 0 Å². The zero-order valence-electron chi connectivity index (χ0n) is 9.93. The zero-order valence-corrected chi connectivity index (χ0v) is 10.8. The van der Waals surface area contributed by atoms with Gasteiger partial charge in [-0.15, -0.1) is 0 Å². The minimum atomic E-state index is -3.89. The van der Waals surface area contributed by atoms with Crippen molar-refractivity contribution in [3.63, 3.8) is 0 Å². The average molecular weight is 262 g/mol. The van der Waals surface area contributed by atoms with E-state index >= 15 is 0 Å². The summed E-state index contributed by atoms with van der Waals surface area (Å²) < 4.78 is 26.2. The number of esters is 1. The molecule has 0 aliphatic carbocycles. The number of carbonyl (C=O) groups is 1. The summed E-state index contributed by atoms with van der Waals surface area (Å²) in [5.41, 5.74) is -0.699. The summed E-state index contributed by atoms with van der Waals surface area (Å²) in [5, 5.41) is 16.4. The highest BCUT2D eigenvalue weighted by atomic mass is 31.2. The second-order valence-corrected chi connectivity index (χ2v) is 4.80. The lowest BCUT2D eigenvalue weighted by atomic mass is 10.2. The van der Waals surface area contributed by atoms with Crippen molar-refractivity contribution in [3.05, 3.63) is 0 Å². The molecule has 0 rings (SSSR count). The van der Waals surface area contributed by atoms with E-state index in [1.165, 1.54) is 0 Å². The van der Waals surface area contributed by atoms with Crippen LogP contribution in [0.15, 0.2) is 0 Å². The fraction of sp³-hybridized carbons (Fsp3) is 0.667. The van der Waals surface area contributed by atoms with Crippen LogP contribution < -0.4 is 0 Å². The molecule has 8 heteroatoms. The SMILES string of the molecule is CCOP(=O)(OCC)C(=N)C(C#N)C(=O)OC. The lowest BCUT2D eigenvalue weighted by Gasteiger charge is -2.19. The highest BCUT2D eigenvalue weighted by Gasteiger charge is 2.40. The van der Waals surface area contributed by atoms with Crippen molar-refractivity contribution in [1.82, 2.24) is 0 Å². The van der Waals surface area contributed by atoms with E-state index in [-0.39, 0.29) is 13.2 Å². The Hall–Kier alpha value is -1.22. The van der Waals surface area contributed by atoms with Crippen LogP contribution in [0.4, 0.5) is 0 Å². The van der Waals surface area contributed by atoms with Crippen molar-refractivity contribution >= 4 is 19.0 Å². The molecule has 1 atom stereocenters. The Kier molecular flexibility index (Phi) is 6.66. The Labute approximate surface area is 99.7 Å². The molecule has 1 N–H and O–H groups in total. The Balaban J connectivity index is 5.14. The summed E-state index contributed by atoms with van der Waals surface area (Å²) in [7, 11) is -2.81. The summed E-state index contributed by atoms with van der Waals surface area (Å²) in [4.78, 5) is 11.2. The van der Waals surface area contributed by atoms with Crippen LogP contribution in [-0.4, -0.2) is 31.7 Å². The molecular weight excluding hydrogens is 247 g/mol. The molecular formula is C9H15N2O5P. The second kappa shape index (κ2) is 7.17. The molecule has 0 aromatic heterocycles. The van der Waals surface area contributed by atoms with Crippen molar-refractivity contribution < 1.29 is 23.1 Å². The van der Waals surface area contributed by atoms with E-state index in [0.29, 0.717) is 0 Å². The van der Waals surface area contributed by atoms with Gasteiger partial charge in [-0.2, -0.15) is 5.26 Å². The molecule has 1 unspecified atom stereocenters. The van der Waals surface area contributed by atoms with Gasteiger partial charge in [0.2, 0.25) is 0 Å². The Morgan fingerprint density at radius 2 is 1.88 bits per heavy atom. The molecule has 0 aliphatic rings. The van der Waals surface area contributed by atoms with Gasteiger partial charge in [0, 0.05) is 0 Å². The standard InChI is InChI=1S/C9H15N2O5P/c1-4-15-17(13,16-5-2)8(11)7(6-10)9(12)14-3/h7,11H,4-5H2,1-3H3. The normalized spacial score (nSPS) is 12.6. The third kappa shape index (κ3) is 3.93. The number of methoxy groups -OCH3 is 1. The summed E-state index contributed by atoms with van der Waals surface area (Å²) in [5.74, 6) is -2.54. The van der Waals surface area contributed by atoms with Crippen LogP contribution in [0.5, 0.6) is 0 Å². The van der Waals surface area contributed by atoms with Gasteiger partial charge in [0.25, 0.3) is 0 Å². The molecule has 96 valence electrons. The van der Waals surface area contributed by atoms with Gasteiger partial charge in [-0.1, -0.05) is 0 Å². The summed E-state index contributed by atoms with van der Waals surface area (Å²) in [6, 6.07) is 1.54. The van der Waals surface area contributed by atoms with Gasteiger partial charge in [0.05, 0.1) is 26.4 Å². The molecule has 0 saturated heterocycles. The number of hydrogen-bond acceptors (Lipinski definition) is 7. The topological polar surface area (TPSA) is 109 Å². The van der Waals surface area contributed by atoms with Crippen LogP contribution in [0, 0.1) is 22.7 Å². The van der Waals surface area contributed by atoms with Crippen molar-refractivity contribution in [1.29, 1.82) is 10.7 Å². The van der Waals surface area contributed by atoms with Gasteiger partial charge in [0.15, 0.2) is 5.92 Å². The largest absolute Gasteiger partial charge is 0.468 e. The number of nitrogens with zero attached hydrogens (tertiary/aromatic N) is 1. The number of nitrogens with one attached hydrogen (secondary N) is 1. The van der Waals surface area contributed by atoms with Gasteiger partial charge in [0.1, 0.15) is 5.45 Å². The fourth-order valence-electron chi connectivity index (χ4n) is 1.02. The van der Waals surface area contributed by atoms with Crippen LogP contribution in [0.25, 0.3) is 0 Å². The van der Waals surface area contributed by atoms with E-state index in [0.717, 1.165) is 7.11 Å². The number of carbonyl (C=O) groups excluding carboxylic acids is 1. The first-order valence-corrected chi connectivity index (χ1v) is 6.46. The Bertz CT molecular complexity index is 366.